The molecule has 0 saturated carbocycles. The highest BCUT2D eigenvalue weighted by Gasteiger charge is 2.39. The monoisotopic (exact) mass is 392 g/mol. The van der Waals surface area contributed by atoms with Crippen LogP contribution in [0.4, 0.5) is 18.9 Å². The van der Waals surface area contributed by atoms with Crippen molar-refractivity contribution in [3.8, 4) is 17.4 Å². The SMILES string of the molecule is C[C](C)COc1cc(Oc2nn(C)c(C(F)(F)F)c2Cl)ccc1[N+](=O)[O-]. The van der Waals surface area contributed by atoms with E-state index in [0.717, 1.165) is 19.0 Å². The first-order valence-electron chi connectivity index (χ1n) is 7.18. The molecule has 141 valence electrons. The van der Waals surface area contributed by atoms with Gasteiger partial charge in [-0.15, -0.1) is 5.10 Å². The Morgan fingerprint density at radius 3 is 2.54 bits per heavy atom. The summed E-state index contributed by atoms with van der Waals surface area (Å²) in [6.07, 6.45) is -4.71. The second-order valence-electron chi connectivity index (χ2n) is 5.57. The number of benzene rings is 1. The number of hydrogen-bond acceptors (Lipinski definition) is 5. The molecule has 0 N–H and O–H groups in total. The van der Waals surface area contributed by atoms with Crippen molar-refractivity contribution < 1.29 is 27.6 Å². The van der Waals surface area contributed by atoms with E-state index in [1.807, 2.05) is 0 Å². The zero-order chi connectivity index (χ0) is 19.6. The number of nitro benzene ring substituents is 1. The minimum absolute atomic E-state index is 0.00641. The third kappa shape index (κ3) is 4.37. The predicted molar refractivity (Wildman–Crippen MR) is 86.5 cm³/mol. The maximum Gasteiger partial charge on any atom is 0.434 e. The first kappa shape index (κ1) is 19.8. The van der Waals surface area contributed by atoms with Gasteiger partial charge in [-0.2, -0.15) is 13.2 Å². The summed E-state index contributed by atoms with van der Waals surface area (Å²) in [6.45, 7) is 3.68. The number of aromatic nitrogens is 2. The average Bonchev–Trinajstić information content (AvgIpc) is 2.78. The van der Waals surface area contributed by atoms with Crippen LogP contribution in [0.5, 0.6) is 17.4 Å². The molecular formula is C15H14ClF3N3O4. The maximum absolute atomic E-state index is 12.9. The summed E-state index contributed by atoms with van der Waals surface area (Å²) in [5.74, 6) is 0.303. The molecule has 26 heavy (non-hydrogen) atoms. The standard InChI is InChI=1S/C15H14ClF3N3O4/c1-8(2)7-25-11-6-9(4-5-10(11)22(23)24)26-14-12(16)13(15(17,18)19)21(3)20-14/h4-6H,7H2,1-3H3. The number of halogens is 4. The van der Waals surface area contributed by atoms with E-state index in [1.54, 1.807) is 13.8 Å². The first-order chi connectivity index (χ1) is 12.0. The number of nitrogens with zero attached hydrogens (tertiary/aromatic N) is 3. The molecule has 1 aromatic heterocycles. The summed E-state index contributed by atoms with van der Waals surface area (Å²) in [5, 5.41) is 14.0. The third-order valence-electron chi connectivity index (χ3n) is 3.09. The molecule has 0 amide bonds. The Morgan fingerprint density at radius 2 is 2.04 bits per heavy atom. The van der Waals surface area contributed by atoms with Crippen LogP contribution >= 0.6 is 11.6 Å². The molecule has 11 heteroatoms. The maximum atomic E-state index is 12.9. The molecule has 0 aliphatic heterocycles. The van der Waals surface area contributed by atoms with Crippen LogP contribution in [0.15, 0.2) is 18.2 Å². The van der Waals surface area contributed by atoms with Gasteiger partial charge in [-0.1, -0.05) is 25.4 Å². The van der Waals surface area contributed by atoms with Crippen molar-refractivity contribution >= 4 is 17.3 Å². The highest BCUT2D eigenvalue weighted by Crippen LogP contribution is 2.41. The molecule has 1 radical (unpaired) electrons. The Balaban J connectivity index is 2.36. The number of aryl methyl sites for hydroxylation is 1. The molecule has 0 bridgehead atoms. The fourth-order valence-corrected chi connectivity index (χ4v) is 2.31. The molecule has 1 aromatic carbocycles. The van der Waals surface area contributed by atoms with Gasteiger partial charge < -0.3 is 9.47 Å². The number of ether oxygens (including phenoxy) is 2. The van der Waals surface area contributed by atoms with Gasteiger partial charge >= 0.3 is 11.9 Å². The van der Waals surface area contributed by atoms with Crippen molar-refractivity contribution in [3.05, 3.63) is 44.9 Å². The van der Waals surface area contributed by atoms with E-state index in [4.69, 9.17) is 21.1 Å². The van der Waals surface area contributed by atoms with E-state index in [0.29, 0.717) is 4.68 Å². The van der Waals surface area contributed by atoms with Crippen LogP contribution < -0.4 is 9.47 Å². The number of nitro groups is 1. The van der Waals surface area contributed by atoms with Gasteiger partial charge in [0.25, 0.3) is 5.88 Å². The zero-order valence-electron chi connectivity index (χ0n) is 13.9. The molecular weight excluding hydrogens is 379 g/mol. The quantitative estimate of drug-likeness (QED) is 0.521. The van der Waals surface area contributed by atoms with Gasteiger partial charge in [0.2, 0.25) is 5.75 Å². The van der Waals surface area contributed by atoms with Gasteiger partial charge in [-0.05, 0) is 6.07 Å². The van der Waals surface area contributed by atoms with Crippen LogP contribution in [0.25, 0.3) is 0 Å². The molecule has 2 rings (SSSR count). The summed E-state index contributed by atoms with van der Waals surface area (Å²) < 4.78 is 50.0. The Bertz CT molecular complexity index is 821. The number of hydrogen-bond donors (Lipinski definition) is 0. The summed E-state index contributed by atoms with van der Waals surface area (Å²) in [5.41, 5.74) is -1.47. The van der Waals surface area contributed by atoms with Gasteiger partial charge in [-0.25, -0.2) is 0 Å². The van der Waals surface area contributed by atoms with Crippen molar-refractivity contribution in [1.29, 1.82) is 0 Å². The lowest BCUT2D eigenvalue weighted by Gasteiger charge is -2.10. The average molecular weight is 393 g/mol. The topological polar surface area (TPSA) is 79.4 Å². The molecule has 0 atom stereocenters. The Morgan fingerprint density at radius 1 is 1.38 bits per heavy atom. The minimum atomic E-state index is -4.71. The summed E-state index contributed by atoms with van der Waals surface area (Å²) in [6, 6.07) is 3.53. The summed E-state index contributed by atoms with van der Waals surface area (Å²) in [4.78, 5) is 10.4. The molecule has 2 aromatic rings. The van der Waals surface area contributed by atoms with Gasteiger partial charge in [0.05, 0.1) is 11.5 Å². The highest BCUT2D eigenvalue weighted by atomic mass is 35.5. The zero-order valence-corrected chi connectivity index (χ0v) is 14.7. The van der Waals surface area contributed by atoms with Gasteiger partial charge in [0.1, 0.15) is 10.8 Å². The fraction of sp³-hybridized carbons (Fsp3) is 0.333. The molecule has 0 aliphatic carbocycles. The molecule has 0 unspecified atom stereocenters. The second kappa shape index (κ2) is 7.40. The van der Waals surface area contributed by atoms with Crippen molar-refractivity contribution in [2.45, 2.75) is 20.0 Å². The Kier molecular flexibility index (Phi) is 5.65. The Labute approximate surface area is 151 Å². The largest absolute Gasteiger partial charge is 0.486 e. The first-order valence-corrected chi connectivity index (χ1v) is 7.56. The van der Waals surface area contributed by atoms with Gasteiger partial charge in [0.15, 0.2) is 5.69 Å². The summed E-state index contributed by atoms with van der Waals surface area (Å²) in [7, 11) is 1.08. The van der Waals surface area contributed by atoms with Crippen molar-refractivity contribution in [1.82, 2.24) is 9.78 Å². The third-order valence-corrected chi connectivity index (χ3v) is 3.43. The lowest BCUT2D eigenvalue weighted by atomic mass is 10.2. The molecule has 1 heterocycles. The van der Waals surface area contributed by atoms with Crippen LogP contribution in [0.2, 0.25) is 5.02 Å². The van der Waals surface area contributed by atoms with Crippen LogP contribution in [-0.4, -0.2) is 21.3 Å². The van der Waals surface area contributed by atoms with Crippen molar-refractivity contribution in [2.75, 3.05) is 6.61 Å². The Hall–Kier alpha value is -2.49. The normalized spacial score (nSPS) is 11.7. The highest BCUT2D eigenvalue weighted by molar-refractivity contribution is 6.32. The molecule has 0 spiro atoms. The van der Waals surface area contributed by atoms with E-state index in [-0.39, 0.29) is 23.8 Å². The molecule has 0 saturated heterocycles. The van der Waals surface area contributed by atoms with E-state index in [1.165, 1.54) is 12.1 Å². The molecule has 7 nitrogen and oxygen atoms in total. The van der Waals surface area contributed by atoms with E-state index >= 15 is 0 Å². The lowest BCUT2D eigenvalue weighted by Crippen LogP contribution is -2.12. The van der Waals surface area contributed by atoms with E-state index in [9.17, 15) is 23.3 Å². The van der Waals surface area contributed by atoms with E-state index < -0.39 is 27.7 Å². The number of rotatable bonds is 6. The van der Waals surface area contributed by atoms with E-state index in [2.05, 4.69) is 5.10 Å². The van der Waals surface area contributed by atoms with Crippen molar-refractivity contribution in [3.63, 3.8) is 0 Å². The van der Waals surface area contributed by atoms with Crippen molar-refractivity contribution in [2.24, 2.45) is 7.05 Å². The van der Waals surface area contributed by atoms with Crippen LogP contribution in [-0.2, 0) is 13.2 Å². The second-order valence-corrected chi connectivity index (χ2v) is 5.95. The smallest absolute Gasteiger partial charge is 0.434 e. The predicted octanol–water partition coefficient (Wildman–Crippen LogP) is 4.79. The van der Waals surface area contributed by atoms with Gasteiger partial charge in [0, 0.05) is 25.1 Å². The lowest BCUT2D eigenvalue weighted by molar-refractivity contribution is -0.385. The molecule has 0 fully saturated rings. The van der Waals surface area contributed by atoms with Crippen LogP contribution in [0, 0.1) is 16.0 Å². The minimum Gasteiger partial charge on any atom is -0.486 e. The summed E-state index contributed by atoms with van der Waals surface area (Å²) >= 11 is 5.72. The molecule has 0 aliphatic rings. The number of alkyl halides is 3. The van der Waals surface area contributed by atoms with Crippen LogP contribution in [0.3, 0.4) is 0 Å². The fourth-order valence-electron chi connectivity index (χ4n) is 2.00. The van der Waals surface area contributed by atoms with Crippen LogP contribution in [0.1, 0.15) is 19.5 Å². The van der Waals surface area contributed by atoms with Gasteiger partial charge in [-0.3, -0.25) is 14.8 Å².